The van der Waals surface area contributed by atoms with Gasteiger partial charge in [0.25, 0.3) is 0 Å². The summed E-state index contributed by atoms with van der Waals surface area (Å²) in [4.78, 5) is 11.4. The molecular weight excluding hydrogens is 206 g/mol. The molecule has 0 unspecified atom stereocenters. The van der Waals surface area contributed by atoms with E-state index in [2.05, 4.69) is 10.5 Å². The molecular formula is C11H19N3O2. The second kappa shape index (κ2) is 4.72. The summed E-state index contributed by atoms with van der Waals surface area (Å²) in [6.07, 6.45) is 5.25. The lowest BCUT2D eigenvalue weighted by atomic mass is 9.98. The van der Waals surface area contributed by atoms with Crippen molar-refractivity contribution in [2.45, 2.75) is 32.1 Å². The third-order valence-electron chi connectivity index (χ3n) is 3.46. The van der Waals surface area contributed by atoms with Crippen LogP contribution in [0.3, 0.4) is 0 Å². The number of carbonyl (C=O) groups excluding carboxylic acids is 1. The maximum absolute atomic E-state index is 11.4. The fourth-order valence-corrected chi connectivity index (χ4v) is 2.26. The van der Waals surface area contributed by atoms with E-state index in [1.165, 1.54) is 25.7 Å². The second-order valence-corrected chi connectivity index (χ2v) is 4.91. The van der Waals surface area contributed by atoms with Crippen LogP contribution in [-0.4, -0.2) is 23.5 Å². The van der Waals surface area contributed by atoms with Gasteiger partial charge in [0.05, 0.1) is 6.42 Å². The van der Waals surface area contributed by atoms with Crippen molar-refractivity contribution < 1.29 is 10.0 Å². The molecule has 0 saturated heterocycles. The quantitative estimate of drug-likeness (QED) is 0.269. The lowest BCUT2D eigenvalue weighted by molar-refractivity contribution is -0.120. The summed E-state index contributed by atoms with van der Waals surface area (Å²) in [5.41, 5.74) is 5.26. The van der Waals surface area contributed by atoms with E-state index in [0.717, 1.165) is 18.4 Å². The van der Waals surface area contributed by atoms with Gasteiger partial charge in [0, 0.05) is 6.54 Å². The SMILES string of the molecule is NC(CC(=O)NCC(C1CC1)C1CC1)=NO. The predicted molar refractivity (Wildman–Crippen MR) is 60.0 cm³/mol. The Bertz CT molecular complexity index is 284. The van der Waals surface area contributed by atoms with Gasteiger partial charge in [-0.2, -0.15) is 0 Å². The molecule has 0 atom stereocenters. The van der Waals surface area contributed by atoms with Gasteiger partial charge in [0.2, 0.25) is 5.91 Å². The maximum atomic E-state index is 11.4. The Balaban J connectivity index is 1.70. The molecule has 0 radical (unpaired) electrons. The molecule has 0 spiro atoms. The van der Waals surface area contributed by atoms with Crippen LogP contribution in [0.2, 0.25) is 0 Å². The molecule has 5 nitrogen and oxygen atoms in total. The van der Waals surface area contributed by atoms with Crippen LogP contribution in [0.25, 0.3) is 0 Å². The van der Waals surface area contributed by atoms with Crippen LogP contribution in [0.4, 0.5) is 0 Å². The highest BCUT2D eigenvalue weighted by molar-refractivity contribution is 5.98. The molecule has 0 aromatic rings. The molecule has 0 aromatic carbocycles. The number of nitrogens with one attached hydrogen (secondary N) is 1. The standard InChI is InChI=1S/C11H19N3O2/c12-10(14-16)5-11(15)13-6-9(7-1-2-7)8-3-4-8/h7-9,16H,1-6H2,(H2,12,14)(H,13,15). The number of amides is 1. The molecule has 4 N–H and O–H groups in total. The van der Waals surface area contributed by atoms with Gasteiger partial charge >= 0.3 is 0 Å². The Hall–Kier alpha value is -1.26. The summed E-state index contributed by atoms with van der Waals surface area (Å²) < 4.78 is 0. The van der Waals surface area contributed by atoms with Crippen molar-refractivity contribution in [2.24, 2.45) is 28.6 Å². The predicted octanol–water partition coefficient (Wildman–Crippen LogP) is 0.675. The summed E-state index contributed by atoms with van der Waals surface area (Å²) >= 11 is 0. The summed E-state index contributed by atoms with van der Waals surface area (Å²) in [5, 5.41) is 14.0. The molecule has 2 fully saturated rings. The van der Waals surface area contributed by atoms with E-state index >= 15 is 0 Å². The van der Waals surface area contributed by atoms with Crippen LogP contribution in [0.1, 0.15) is 32.1 Å². The Morgan fingerprint density at radius 2 is 1.94 bits per heavy atom. The van der Waals surface area contributed by atoms with Gasteiger partial charge in [0.15, 0.2) is 0 Å². The lowest BCUT2D eigenvalue weighted by Gasteiger charge is -2.15. The molecule has 5 heteroatoms. The van der Waals surface area contributed by atoms with E-state index in [9.17, 15) is 4.79 Å². The number of carbonyl (C=O) groups is 1. The normalized spacial score (nSPS) is 21.2. The Morgan fingerprint density at radius 1 is 1.38 bits per heavy atom. The first-order chi connectivity index (χ1) is 7.70. The average Bonchev–Trinajstić information content (AvgIpc) is 3.11. The zero-order valence-corrected chi connectivity index (χ0v) is 9.35. The van der Waals surface area contributed by atoms with Crippen molar-refractivity contribution in [2.75, 3.05) is 6.54 Å². The molecule has 0 bridgehead atoms. The molecule has 2 rings (SSSR count). The number of oxime groups is 1. The van der Waals surface area contributed by atoms with E-state index in [-0.39, 0.29) is 18.2 Å². The fraction of sp³-hybridized carbons (Fsp3) is 0.818. The highest BCUT2D eigenvalue weighted by atomic mass is 16.4. The molecule has 2 aliphatic rings. The summed E-state index contributed by atoms with van der Waals surface area (Å²) in [7, 11) is 0. The largest absolute Gasteiger partial charge is 0.409 e. The summed E-state index contributed by atoms with van der Waals surface area (Å²) in [6.45, 7) is 0.757. The zero-order chi connectivity index (χ0) is 11.5. The Kier molecular flexibility index (Phi) is 3.31. The van der Waals surface area contributed by atoms with Crippen molar-refractivity contribution in [3.05, 3.63) is 0 Å². The molecule has 0 heterocycles. The fourth-order valence-electron chi connectivity index (χ4n) is 2.26. The highest BCUT2D eigenvalue weighted by Gasteiger charge is 2.41. The first kappa shape index (κ1) is 11.2. The van der Waals surface area contributed by atoms with E-state index < -0.39 is 0 Å². The van der Waals surface area contributed by atoms with Crippen molar-refractivity contribution >= 4 is 11.7 Å². The number of hydrogen-bond acceptors (Lipinski definition) is 3. The topological polar surface area (TPSA) is 87.7 Å². The third-order valence-corrected chi connectivity index (χ3v) is 3.46. The van der Waals surface area contributed by atoms with Crippen LogP contribution < -0.4 is 11.1 Å². The minimum absolute atomic E-state index is 0.0153. The molecule has 1 amide bonds. The molecule has 2 aliphatic carbocycles. The molecule has 2 saturated carbocycles. The third kappa shape index (κ3) is 3.12. The van der Waals surface area contributed by atoms with Gasteiger partial charge in [-0.3, -0.25) is 4.79 Å². The molecule has 0 aromatic heterocycles. The minimum atomic E-state index is -0.151. The number of rotatable bonds is 6. The molecule has 90 valence electrons. The summed E-state index contributed by atoms with van der Waals surface area (Å²) in [5.74, 6) is 2.14. The monoisotopic (exact) mass is 225 g/mol. The Morgan fingerprint density at radius 3 is 2.38 bits per heavy atom. The van der Waals surface area contributed by atoms with Gasteiger partial charge in [-0.25, -0.2) is 0 Å². The zero-order valence-electron chi connectivity index (χ0n) is 9.35. The Labute approximate surface area is 95.1 Å². The maximum Gasteiger partial charge on any atom is 0.227 e. The van der Waals surface area contributed by atoms with Crippen molar-refractivity contribution in [3.63, 3.8) is 0 Å². The van der Waals surface area contributed by atoms with E-state index in [0.29, 0.717) is 5.92 Å². The highest BCUT2D eigenvalue weighted by Crippen LogP contribution is 2.48. The van der Waals surface area contributed by atoms with Crippen LogP contribution >= 0.6 is 0 Å². The smallest absolute Gasteiger partial charge is 0.227 e. The number of nitrogens with zero attached hydrogens (tertiary/aromatic N) is 1. The van der Waals surface area contributed by atoms with E-state index in [1.54, 1.807) is 0 Å². The van der Waals surface area contributed by atoms with E-state index in [4.69, 9.17) is 10.9 Å². The number of amidine groups is 1. The lowest BCUT2D eigenvalue weighted by Crippen LogP contribution is -2.33. The van der Waals surface area contributed by atoms with Crippen LogP contribution in [0.15, 0.2) is 5.16 Å². The van der Waals surface area contributed by atoms with Gasteiger partial charge in [-0.15, -0.1) is 0 Å². The van der Waals surface area contributed by atoms with Crippen molar-refractivity contribution in [1.82, 2.24) is 5.32 Å². The van der Waals surface area contributed by atoms with Crippen LogP contribution in [-0.2, 0) is 4.79 Å². The number of hydrogen-bond donors (Lipinski definition) is 3. The van der Waals surface area contributed by atoms with Crippen LogP contribution in [0.5, 0.6) is 0 Å². The van der Waals surface area contributed by atoms with Gasteiger partial charge in [-0.1, -0.05) is 5.16 Å². The first-order valence-electron chi connectivity index (χ1n) is 5.93. The van der Waals surface area contributed by atoms with Gasteiger partial charge < -0.3 is 16.3 Å². The molecule has 16 heavy (non-hydrogen) atoms. The van der Waals surface area contributed by atoms with Crippen LogP contribution in [0, 0.1) is 17.8 Å². The minimum Gasteiger partial charge on any atom is -0.409 e. The van der Waals surface area contributed by atoms with Gasteiger partial charge in [-0.05, 0) is 43.4 Å². The number of nitrogens with two attached hydrogens (primary N) is 1. The average molecular weight is 225 g/mol. The van der Waals surface area contributed by atoms with E-state index in [1.807, 2.05) is 0 Å². The summed E-state index contributed by atoms with van der Waals surface area (Å²) in [6, 6.07) is 0. The van der Waals surface area contributed by atoms with Crippen molar-refractivity contribution in [3.8, 4) is 0 Å². The van der Waals surface area contributed by atoms with Crippen molar-refractivity contribution in [1.29, 1.82) is 0 Å². The second-order valence-electron chi connectivity index (χ2n) is 4.91. The molecule has 0 aliphatic heterocycles. The van der Waals surface area contributed by atoms with Gasteiger partial charge in [0.1, 0.15) is 5.84 Å². The first-order valence-corrected chi connectivity index (χ1v) is 5.93.